The van der Waals surface area contributed by atoms with Crippen LogP contribution in [0.1, 0.15) is 115 Å². The van der Waals surface area contributed by atoms with Gasteiger partial charge in [0, 0.05) is 70.2 Å². The lowest BCUT2D eigenvalue weighted by Crippen LogP contribution is -2.50. The molecule has 2 aliphatic rings. The molecule has 0 unspecified atom stereocenters. The summed E-state index contributed by atoms with van der Waals surface area (Å²) in [7, 11) is 3.75. The van der Waals surface area contributed by atoms with Gasteiger partial charge in [0.2, 0.25) is 11.8 Å². The number of likely N-dealkylation sites (tertiary alicyclic amines) is 2. The molecule has 2 saturated heterocycles. The summed E-state index contributed by atoms with van der Waals surface area (Å²) in [4.78, 5) is 74.8. The molecule has 11 nitrogen and oxygen atoms in total. The van der Waals surface area contributed by atoms with Crippen molar-refractivity contribution in [1.29, 1.82) is 0 Å². The highest BCUT2D eigenvalue weighted by Gasteiger charge is 2.43. The van der Waals surface area contributed by atoms with Crippen LogP contribution < -0.4 is 5.32 Å². The van der Waals surface area contributed by atoms with Crippen LogP contribution >= 0.6 is 11.3 Å². The van der Waals surface area contributed by atoms with Gasteiger partial charge in [0.25, 0.3) is 5.91 Å². The van der Waals surface area contributed by atoms with Crippen molar-refractivity contribution in [3.63, 3.8) is 0 Å². The highest BCUT2D eigenvalue weighted by Crippen LogP contribution is 2.35. The number of carbonyl (C=O) groups is 5. The third-order valence-electron chi connectivity index (χ3n) is 10.1. The van der Waals surface area contributed by atoms with Gasteiger partial charge in [0.05, 0.1) is 5.54 Å². The summed E-state index contributed by atoms with van der Waals surface area (Å²) in [6, 6.07) is -0.308. The Labute approximate surface area is 278 Å². The molecular weight excluding hydrogens is 606 g/mol. The third kappa shape index (κ3) is 9.36. The number of nitrogens with one attached hydrogen (secondary N) is 1. The molecule has 0 radical (unpaired) electrons. The largest absolute Gasteiger partial charge is 0.455 e. The highest BCUT2D eigenvalue weighted by atomic mass is 32.1. The topological polar surface area (TPSA) is 129 Å². The molecule has 5 atom stereocenters. The first-order valence-corrected chi connectivity index (χ1v) is 17.8. The van der Waals surface area contributed by atoms with Gasteiger partial charge in [-0.25, -0.2) is 4.98 Å². The molecule has 3 heterocycles. The Bertz CT molecular complexity index is 1240. The number of amides is 3. The fraction of sp³-hybridized carbons (Fsp3) is 0.765. The van der Waals surface area contributed by atoms with Gasteiger partial charge >= 0.3 is 5.97 Å². The Morgan fingerprint density at radius 2 is 1.89 bits per heavy atom. The van der Waals surface area contributed by atoms with Gasteiger partial charge in [0.15, 0.2) is 11.9 Å². The highest BCUT2D eigenvalue weighted by molar-refractivity contribution is 7.09. The predicted octanol–water partition coefficient (Wildman–Crippen LogP) is 4.47. The number of ketones is 1. The van der Waals surface area contributed by atoms with E-state index in [1.807, 2.05) is 46.6 Å². The van der Waals surface area contributed by atoms with Gasteiger partial charge in [0.1, 0.15) is 10.7 Å². The number of likely N-dealkylation sites (N-methyl/N-ethyl adjacent to an activating group) is 1. The first-order chi connectivity index (χ1) is 21.7. The van der Waals surface area contributed by atoms with Crippen molar-refractivity contribution < 1.29 is 28.7 Å². The Hall–Kier alpha value is -2.86. The van der Waals surface area contributed by atoms with Crippen LogP contribution in [0.4, 0.5) is 0 Å². The lowest BCUT2D eigenvalue weighted by molar-refractivity contribution is -0.149. The molecule has 258 valence electrons. The quantitative estimate of drug-likeness (QED) is 0.191. The number of rotatable bonds is 17. The third-order valence-corrected chi connectivity index (χ3v) is 11.1. The Kier molecular flexibility index (Phi) is 13.7. The zero-order valence-corrected chi connectivity index (χ0v) is 29.9. The van der Waals surface area contributed by atoms with E-state index in [4.69, 9.17) is 4.74 Å². The molecular formula is C34H55N5O6S. The SMILES string of the molecule is CC[C@H](C)[C@H](CC(=O)[C@@]1(C)CCCN1C)C(=O)N(C)[C@H](C[C@@H](OC(C)=O)c1nc(C(=O)NCCCN2CCCC2=O)cs1)C(C)C. The van der Waals surface area contributed by atoms with E-state index >= 15 is 0 Å². The van der Waals surface area contributed by atoms with Crippen LogP contribution in [0.25, 0.3) is 0 Å². The van der Waals surface area contributed by atoms with Crippen LogP contribution in [0.2, 0.25) is 0 Å². The van der Waals surface area contributed by atoms with Crippen LogP contribution in [-0.4, -0.2) is 101 Å². The molecule has 0 bridgehead atoms. The number of thiazole rings is 1. The Balaban J connectivity index is 1.71. The number of ether oxygens (including phenoxy) is 1. The molecule has 0 spiro atoms. The second-order valence-electron chi connectivity index (χ2n) is 13.7. The van der Waals surface area contributed by atoms with Gasteiger partial charge in [-0.2, -0.15) is 0 Å². The predicted molar refractivity (Wildman–Crippen MR) is 178 cm³/mol. The first-order valence-electron chi connectivity index (χ1n) is 16.9. The van der Waals surface area contributed by atoms with E-state index in [0.717, 1.165) is 38.8 Å². The summed E-state index contributed by atoms with van der Waals surface area (Å²) in [5.41, 5.74) is -0.315. The lowest BCUT2D eigenvalue weighted by atomic mass is 9.80. The van der Waals surface area contributed by atoms with Crippen LogP contribution in [0.3, 0.4) is 0 Å². The normalized spacial score (nSPS) is 21.2. The number of hydrogen-bond acceptors (Lipinski definition) is 9. The van der Waals surface area contributed by atoms with Crippen molar-refractivity contribution in [1.82, 2.24) is 25.0 Å². The average molecular weight is 662 g/mol. The summed E-state index contributed by atoms with van der Waals surface area (Å²) < 4.78 is 5.73. The van der Waals surface area contributed by atoms with E-state index in [1.54, 1.807) is 17.3 Å². The molecule has 3 amide bonds. The molecule has 0 aliphatic carbocycles. The molecule has 2 fully saturated rings. The van der Waals surface area contributed by atoms with Crippen molar-refractivity contribution in [2.45, 2.75) is 111 Å². The van der Waals surface area contributed by atoms with Crippen molar-refractivity contribution in [3.05, 3.63) is 16.1 Å². The minimum absolute atomic E-state index is 0.0159. The fourth-order valence-electron chi connectivity index (χ4n) is 6.65. The number of nitrogens with zero attached hydrogens (tertiary/aromatic N) is 4. The van der Waals surface area contributed by atoms with E-state index in [2.05, 4.69) is 15.2 Å². The van der Waals surface area contributed by atoms with Gasteiger partial charge in [-0.1, -0.05) is 34.1 Å². The second kappa shape index (κ2) is 16.8. The number of Topliss-reactive ketones (excluding diaryl/α,β-unsaturated/α-hetero) is 1. The minimum atomic E-state index is -0.748. The molecule has 2 aliphatic heterocycles. The van der Waals surface area contributed by atoms with Crippen molar-refractivity contribution in [2.75, 3.05) is 40.3 Å². The molecule has 12 heteroatoms. The fourth-order valence-corrected chi connectivity index (χ4v) is 7.49. The van der Waals surface area contributed by atoms with Gasteiger partial charge in [-0.3, -0.25) is 28.9 Å². The van der Waals surface area contributed by atoms with Gasteiger partial charge < -0.3 is 19.9 Å². The first kappa shape index (κ1) is 37.6. The zero-order chi connectivity index (χ0) is 34.2. The second-order valence-corrected chi connectivity index (χ2v) is 14.6. The van der Waals surface area contributed by atoms with Gasteiger partial charge in [-0.15, -0.1) is 11.3 Å². The van der Waals surface area contributed by atoms with E-state index in [9.17, 15) is 24.0 Å². The van der Waals surface area contributed by atoms with E-state index in [-0.39, 0.29) is 53.5 Å². The number of aromatic nitrogens is 1. The van der Waals surface area contributed by atoms with E-state index < -0.39 is 23.5 Å². The molecule has 0 saturated carbocycles. The maximum atomic E-state index is 14.2. The minimum Gasteiger partial charge on any atom is -0.455 e. The summed E-state index contributed by atoms with van der Waals surface area (Å²) in [6.45, 7) is 14.1. The molecule has 3 rings (SSSR count). The number of esters is 1. The maximum absolute atomic E-state index is 14.2. The van der Waals surface area contributed by atoms with Crippen molar-refractivity contribution in [3.8, 4) is 0 Å². The lowest BCUT2D eigenvalue weighted by Gasteiger charge is -2.38. The van der Waals surface area contributed by atoms with Crippen LogP contribution in [0, 0.1) is 17.8 Å². The van der Waals surface area contributed by atoms with Crippen LogP contribution in [0.15, 0.2) is 5.38 Å². The summed E-state index contributed by atoms with van der Waals surface area (Å²) in [6.07, 6.45) is 4.41. The molecule has 1 aromatic heterocycles. The zero-order valence-electron chi connectivity index (χ0n) is 29.1. The monoisotopic (exact) mass is 661 g/mol. The van der Waals surface area contributed by atoms with E-state index in [1.165, 1.54) is 18.3 Å². The average Bonchev–Trinajstić information content (AvgIpc) is 3.75. The Morgan fingerprint density at radius 1 is 1.17 bits per heavy atom. The maximum Gasteiger partial charge on any atom is 0.303 e. The van der Waals surface area contributed by atoms with E-state index in [0.29, 0.717) is 37.4 Å². The molecule has 1 N–H and O–H groups in total. The number of carbonyl (C=O) groups excluding carboxylic acids is 5. The molecule has 46 heavy (non-hydrogen) atoms. The van der Waals surface area contributed by atoms with Crippen molar-refractivity contribution in [2.24, 2.45) is 17.8 Å². The van der Waals surface area contributed by atoms with Crippen LogP contribution in [0.5, 0.6) is 0 Å². The summed E-state index contributed by atoms with van der Waals surface area (Å²) >= 11 is 1.24. The molecule has 1 aromatic rings. The van der Waals surface area contributed by atoms with Crippen molar-refractivity contribution >= 4 is 40.8 Å². The molecule has 0 aromatic carbocycles. The standard InChI is InChI=1S/C34H55N5O6S/c1-9-23(4)25(19-29(41)34(6)14-11-16-37(34)7)33(44)38(8)27(22(2)3)20-28(45-24(5)40)32-36-26(21-46-32)31(43)35-15-12-18-39-17-10-13-30(39)42/h21-23,25,27-28H,9-20H2,1-8H3,(H,35,43)/t23-,25-,27+,28+,34+/m0/s1. The smallest absolute Gasteiger partial charge is 0.303 e. The summed E-state index contributed by atoms with van der Waals surface area (Å²) in [5, 5.41) is 5.00. The number of hydrogen-bond donors (Lipinski definition) is 1. The van der Waals surface area contributed by atoms with Crippen LogP contribution in [-0.2, 0) is 23.9 Å². The van der Waals surface area contributed by atoms with Gasteiger partial charge in [-0.05, 0) is 58.0 Å². The summed E-state index contributed by atoms with van der Waals surface area (Å²) in [5.74, 6) is -1.04. The Morgan fingerprint density at radius 3 is 2.46 bits per heavy atom.